The normalized spacial score (nSPS) is 17.7. The van der Waals surface area contributed by atoms with Gasteiger partial charge in [0.1, 0.15) is 5.60 Å². The molecule has 0 aliphatic carbocycles. The molecular formula is C20H36N6O2. The molecule has 1 fully saturated rings. The van der Waals surface area contributed by atoms with Crippen LogP contribution in [0.1, 0.15) is 52.0 Å². The van der Waals surface area contributed by atoms with Crippen molar-refractivity contribution >= 4 is 12.1 Å². The fourth-order valence-electron chi connectivity index (χ4n) is 3.40. The van der Waals surface area contributed by atoms with Crippen LogP contribution < -0.4 is 5.32 Å². The molecule has 2 rings (SSSR count). The van der Waals surface area contributed by atoms with Gasteiger partial charge in [0.05, 0.1) is 6.20 Å². The van der Waals surface area contributed by atoms with E-state index in [0.717, 1.165) is 31.9 Å². The Hall–Kier alpha value is -2.25. The maximum Gasteiger partial charge on any atom is 0.410 e. The Morgan fingerprint density at radius 3 is 2.75 bits per heavy atom. The number of nitrogens with one attached hydrogen (secondary N) is 1. The quantitative estimate of drug-likeness (QED) is 0.594. The van der Waals surface area contributed by atoms with Crippen LogP contribution in [-0.4, -0.2) is 77.0 Å². The van der Waals surface area contributed by atoms with Gasteiger partial charge in [0.15, 0.2) is 5.96 Å². The van der Waals surface area contributed by atoms with Gasteiger partial charge in [-0.1, -0.05) is 6.92 Å². The summed E-state index contributed by atoms with van der Waals surface area (Å²) in [4.78, 5) is 20.8. The van der Waals surface area contributed by atoms with Gasteiger partial charge in [-0.25, -0.2) is 4.79 Å². The molecule has 1 aromatic rings. The minimum atomic E-state index is -0.483. The third kappa shape index (κ3) is 6.42. The maximum atomic E-state index is 12.4. The molecule has 8 heteroatoms. The van der Waals surface area contributed by atoms with Gasteiger partial charge in [0, 0.05) is 58.9 Å². The van der Waals surface area contributed by atoms with E-state index in [1.165, 1.54) is 5.56 Å². The van der Waals surface area contributed by atoms with Crippen molar-refractivity contribution in [2.75, 3.05) is 39.8 Å². The van der Waals surface area contributed by atoms with Gasteiger partial charge in [-0.15, -0.1) is 0 Å². The largest absolute Gasteiger partial charge is 0.444 e. The standard InChI is InChI=1S/C20H36N6O2/c1-7-10-25(19(27)28-20(2,3)4)12-9-22-18(21-5)26-11-8-16(15-26)17-13-23-24(6)14-17/h13-14,16H,7-12,15H2,1-6H3,(H,21,22). The van der Waals surface area contributed by atoms with Crippen LogP contribution in [0, 0.1) is 0 Å². The van der Waals surface area contributed by atoms with Crippen molar-refractivity contribution < 1.29 is 9.53 Å². The first-order valence-corrected chi connectivity index (χ1v) is 10.2. The summed E-state index contributed by atoms with van der Waals surface area (Å²) in [6.07, 6.45) is 5.77. The van der Waals surface area contributed by atoms with Crippen molar-refractivity contribution in [2.24, 2.45) is 12.0 Å². The SMILES string of the molecule is CCCN(CCNC(=NC)N1CCC(c2cnn(C)c2)C1)C(=O)OC(C)(C)C. The van der Waals surface area contributed by atoms with Crippen molar-refractivity contribution in [1.29, 1.82) is 0 Å². The molecule has 1 saturated heterocycles. The molecule has 1 unspecified atom stereocenters. The van der Waals surface area contributed by atoms with E-state index in [0.29, 0.717) is 25.6 Å². The van der Waals surface area contributed by atoms with Crippen molar-refractivity contribution in [3.8, 4) is 0 Å². The first-order chi connectivity index (χ1) is 13.2. The second-order valence-electron chi connectivity index (χ2n) is 8.32. The number of amides is 1. The topological polar surface area (TPSA) is 75.0 Å². The van der Waals surface area contributed by atoms with Gasteiger partial charge < -0.3 is 19.9 Å². The van der Waals surface area contributed by atoms with E-state index in [9.17, 15) is 4.79 Å². The number of guanidine groups is 1. The second kappa shape index (κ2) is 9.80. The molecule has 0 radical (unpaired) electrons. The van der Waals surface area contributed by atoms with Crippen LogP contribution in [-0.2, 0) is 11.8 Å². The summed E-state index contributed by atoms with van der Waals surface area (Å²) in [7, 11) is 3.75. The lowest BCUT2D eigenvalue weighted by Gasteiger charge is -2.28. The monoisotopic (exact) mass is 392 g/mol. The predicted octanol–water partition coefficient (Wildman–Crippen LogP) is 2.43. The van der Waals surface area contributed by atoms with Gasteiger partial charge in [-0.2, -0.15) is 5.10 Å². The summed E-state index contributed by atoms with van der Waals surface area (Å²) in [6.45, 7) is 11.5. The molecule has 158 valence electrons. The molecule has 1 N–H and O–H groups in total. The Bertz CT molecular complexity index is 664. The average molecular weight is 393 g/mol. The molecule has 1 aromatic heterocycles. The van der Waals surface area contributed by atoms with E-state index >= 15 is 0 Å². The molecule has 1 atom stereocenters. The third-order valence-electron chi connectivity index (χ3n) is 4.71. The lowest BCUT2D eigenvalue weighted by atomic mass is 10.0. The van der Waals surface area contributed by atoms with Crippen molar-refractivity contribution in [3.05, 3.63) is 18.0 Å². The molecular weight excluding hydrogens is 356 g/mol. The number of hydrogen-bond donors (Lipinski definition) is 1. The number of ether oxygens (including phenoxy) is 1. The maximum absolute atomic E-state index is 12.4. The predicted molar refractivity (Wildman–Crippen MR) is 112 cm³/mol. The molecule has 1 aliphatic heterocycles. The van der Waals surface area contributed by atoms with Gasteiger partial charge in [-0.05, 0) is 39.2 Å². The number of hydrogen-bond acceptors (Lipinski definition) is 4. The highest BCUT2D eigenvalue weighted by Gasteiger charge is 2.27. The summed E-state index contributed by atoms with van der Waals surface area (Å²) >= 11 is 0. The third-order valence-corrected chi connectivity index (χ3v) is 4.71. The lowest BCUT2D eigenvalue weighted by molar-refractivity contribution is 0.0253. The highest BCUT2D eigenvalue weighted by Crippen LogP contribution is 2.26. The van der Waals surface area contributed by atoms with Crippen LogP contribution in [0.4, 0.5) is 4.79 Å². The van der Waals surface area contributed by atoms with Crippen LogP contribution in [0.15, 0.2) is 17.4 Å². The van der Waals surface area contributed by atoms with E-state index in [4.69, 9.17) is 4.74 Å². The number of aryl methyl sites for hydroxylation is 1. The number of likely N-dealkylation sites (tertiary alicyclic amines) is 1. The smallest absolute Gasteiger partial charge is 0.410 e. The Kier molecular flexibility index (Phi) is 7.71. The number of aliphatic imine (C=N–C) groups is 1. The molecule has 8 nitrogen and oxygen atoms in total. The fraction of sp³-hybridized carbons (Fsp3) is 0.750. The van der Waals surface area contributed by atoms with Crippen molar-refractivity contribution in [1.82, 2.24) is 24.9 Å². The zero-order chi connectivity index (χ0) is 20.7. The fourth-order valence-corrected chi connectivity index (χ4v) is 3.40. The number of nitrogens with zero attached hydrogens (tertiary/aromatic N) is 5. The summed E-state index contributed by atoms with van der Waals surface area (Å²) < 4.78 is 7.36. The Morgan fingerprint density at radius 1 is 1.43 bits per heavy atom. The number of carbonyl (C=O) groups is 1. The van der Waals surface area contributed by atoms with Gasteiger partial charge >= 0.3 is 6.09 Å². The first-order valence-electron chi connectivity index (χ1n) is 10.2. The Morgan fingerprint density at radius 2 is 2.18 bits per heavy atom. The van der Waals surface area contributed by atoms with Crippen molar-refractivity contribution in [3.63, 3.8) is 0 Å². The summed E-state index contributed by atoms with van der Waals surface area (Å²) in [5, 5.41) is 7.68. The summed E-state index contributed by atoms with van der Waals surface area (Å²) in [6, 6.07) is 0. The van der Waals surface area contributed by atoms with E-state index in [1.54, 1.807) is 11.9 Å². The molecule has 0 aromatic carbocycles. The first kappa shape index (κ1) is 22.0. The van der Waals surface area contributed by atoms with Crippen LogP contribution in [0.5, 0.6) is 0 Å². The minimum absolute atomic E-state index is 0.260. The zero-order valence-corrected chi connectivity index (χ0v) is 18.2. The Labute approximate surface area is 168 Å². The molecule has 1 amide bonds. The minimum Gasteiger partial charge on any atom is -0.444 e. The van der Waals surface area contributed by atoms with E-state index < -0.39 is 5.60 Å². The number of carbonyl (C=O) groups excluding carboxylic acids is 1. The molecule has 0 bridgehead atoms. The Balaban J connectivity index is 1.85. The molecule has 28 heavy (non-hydrogen) atoms. The van der Waals surface area contributed by atoms with Crippen LogP contribution in [0.3, 0.4) is 0 Å². The highest BCUT2D eigenvalue weighted by molar-refractivity contribution is 5.80. The van der Waals surface area contributed by atoms with E-state index in [1.807, 2.05) is 38.7 Å². The average Bonchev–Trinajstić information content (AvgIpc) is 3.25. The molecule has 1 aliphatic rings. The second-order valence-corrected chi connectivity index (χ2v) is 8.32. The molecule has 0 saturated carbocycles. The molecule has 2 heterocycles. The number of aromatic nitrogens is 2. The van der Waals surface area contributed by atoms with Gasteiger partial charge in [0.2, 0.25) is 0 Å². The number of rotatable bonds is 6. The zero-order valence-electron chi connectivity index (χ0n) is 18.2. The van der Waals surface area contributed by atoms with Crippen LogP contribution >= 0.6 is 0 Å². The molecule has 0 spiro atoms. The van der Waals surface area contributed by atoms with Crippen LogP contribution in [0.2, 0.25) is 0 Å². The lowest BCUT2D eigenvalue weighted by Crippen LogP contribution is -2.45. The summed E-state index contributed by atoms with van der Waals surface area (Å²) in [5.74, 6) is 1.36. The van der Waals surface area contributed by atoms with E-state index in [2.05, 4.69) is 33.4 Å². The van der Waals surface area contributed by atoms with Crippen LogP contribution in [0.25, 0.3) is 0 Å². The highest BCUT2D eigenvalue weighted by atomic mass is 16.6. The van der Waals surface area contributed by atoms with Gasteiger partial charge in [0.25, 0.3) is 0 Å². The summed E-state index contributed by atoms with van der Waals surface area (Å²) in [5.41, 5.74) is 0.795. The van der Waals surface area contributed by atoms with E-state index in [-0.39, 0.29) is 6.09 Å². The van der Waals surface area contributed by atoms with Crippen molar-refractivity contribution in [2.45, 2.75) is 52.1 Å². The van der Waals surface area contributed by atoms with Gasteiger partial charge in [-0.3, -0.25) is 9.67 Å².